The van der Waals surface area contributed by atoms with Gasteiger partial charge in [-0.15, -0.1) is 0 Å². The van der Waals surface area contributed by atoms with Crippen LogP contribution in [0.15, 0.2) is 18.2 Å². The highest BCUT2D eigenvalue weighted by Gasteiger charge is 2.32. The van der Waals surface area contributed by atoms with Crippen LogP contribution in [0, 0.1) is 0 Å². The summed E-state index contributed by atoms with van der Waals surface area (Å²) in [6, 6.07) is 5.66. The molecule has 0 radical (unpaired) electrons. The first-order valence-corrected chi connectivity index (χ1v) is 7.54. The zero-order chi connectivity index (χ0) is 15.5. The number of ether oxygens (including phenoxy) is 2. The van der Waals surface area contributed by atoms with Crippen molar-refractivity contribution in [3.05, 3.63) is 23.8 Å². The SMILES string of the molecule is COCC(=O)Nc1ccc2c(c1)N(C(=O)C1CCCO1)CC2. The molecule has 3 rings (SSSR count). The molecule has 22 heavy (non-hydrogen) atoms. The molecule has 2 aliphatic rings. The number of fused-ring (bicyclic) bond motifs is 1. The van der Waals surface area contributed by atoms with Gasteiger partial charge in [0.1, 0.15) is 12.7 Å². The van der Waals surface area contributed by atoms with E-state index in [9.17, 15) is 9.59 Å². The fraction of sp³-hybridized carbons (Fsp3) is 0.500. The van der Waals surface area contributed by atoms with Crippen molar-refractivity contribution < 1.29 is 19.1 Å². The Labute approximate surface area is 129 Å². The lowest BCUT2D eigenvalue weighted by atomic mass is 10.1. The fourth-order valence-electron chi connectivity index (χ4n) is 2.96. The molecule has 1 aromatic carbocycles. The quantitative estimate of drug-likeness (QED) is 0.911. The summed E-state index contributed by atoms with van der Waals surface area (Å²) < 4.78 is 10.3. The van der Waals surface area contributed by atoms with Gasteiger partial charge in [0, 0.05) is 31.6 Å². The van der Waals surface area contributed by atoms with Crippen LogP contribution in [-0.4, -0.2) is 44.8 Å². The predicted octanol–water partition coefficient (Wildman–Crippen LogP) is 1.34. The van der Waals surface area contributed by atoms with Crippen LogP contribution in [-0.2, 0) is 25.5 Å². The Balaban J connectivity index is 1.76. The first-order chi connectivity index (χ1) is 10.7. The topological polar surface area (TPSA) is 67.9 Å². The highest BCUT2D eigenvalue weighted by atomic mass is 16.5. The Morgan fingerprint density at radius 1 is 1.45 bits per heavy atom. The van der Waals surface area contributed by atoms with Gasteiger partial charge in [-0.1, -0.05) is 6.07 Å². The number of rotatable bonds is 4. The second kappa shape index (κ2) is 6.46. The zero-order valence-corrected chi connectivity index (χ0v) is 12.6. The van der Waals surface area contributed by atoms with E-state index in [0.717, 1.165) is 30.5 Å². The van der Waals surface area contributed by atoms with Crippen LogP contribution in [0.4, 0.5) is 11.4 Å². The van der Waals surface area contributed by atoms with Crippen LogP contribution in [0.1, 0.15) is 18.4 Å². The van der Waals surface area contributed by atoms with E-state index < -0.39 is 0 Å². The Morgan fingerprint density at radius 3 is 3.05 bits per heavy atom. The third-order valence-corrected chi connectivity index (χ3v) is 4.01. The molecule has 0 saturated carbocycles. The maximum absolute atomic E-state index is 12.5. The molecule has 118 valence electrons. The van der Waals surface area contributed by atoms with Gasteiger partial charge in [0.05, 0.1) is 0 Å². The van der Waals surface area contributed by atoms with E-state index in [4.69, 9.17) is 9.47 Å². The van der Waals surface area contributed by atoms with E-state index in [1.165, 1.54) is 7.11 Å². The van der Waals surface area contributed by atoms with Crippen LogP contribution in [0.3, 0.4) is 0 Å². The van der Waals surface area contributed by atoms with Crippen molar-refractivity contribution in [1.82, 2.24) is 0 Å². The van der Waals surface area contributed by atoms with Crippen molar-refractivity contribution in [1.29, 1.82) is 0 Å². The molecule has 1 unspecified atom stereocenters. The smallest absolute Gasteiger partial charge is 0.256 e. The molecule has 1 atom stereocenters. The number of anilines is 2. The van der Waals surface area contributed by atoms with Gasteiger partial charge in [-0.05, 0) is 37.0 Å². The summed E-state index contributed by atoms with van der Waals surface area (Å²) in [6.45, 7) is 1.34. The molecule has 2 aliphatic heterocycles. The fourth-order valence-corrected chi connectivity index (χ4v) is 2.96. The zero-order valence-electron chi connectivity index (χ0n) is 12.6. The van der Waals surface area contributed by atoms with E-state index in [2.05, 4.69) is 5.32 Å². The van der Waals surface area contributed by atoms with E-state index >= 15 is 0 Å². The summed E-state index contributed by atoms with van der Waals surface area (Å²) in [5, 5.41) is 2.77. The minimum absolute atomic E-state index is 0.00957. The van der Waals surface area contributed by atoms with E-state index in [0.29, 0.717) is 18.8 Å². The predicted molar refractivity (Wildman–Crippen MR) is 82.0 cm³/mol. The summed E-state index contributed by atoms with van der Waals surface area (Å²) in [6.07, 6.45) is 2.23. The Bertz CT molecular complexity index is 582. The third-order valence-electron chi connectivity index (χ3n) is 4.01. The van der Waals surface area contributed by atoms with Gasteiger partial charge in [-0.3, -0.25) is 9.59 Å². The highest BCUT2D eigenvalue weighted by molar-refractivity contribution is 6.00. The molecule has 1 fully saturated rings. The number of methoxy groups -OCH3 is 1. The summed E-state index contributed by atoms with van der Waals surface area (Å²) in [7, 11) is 1.48. The van der Waals surface area contributed by atoms with Gasteiger partial charge in [-0.25, -0.2) is 0 Å². The van der Waals surface area contributed by atoms with E-state index in [1.54, 1.807) is 4.90 Å². The molecule has 6 heteroatoms. The number of nitrogens with one attached hydrogen (secondary N) is 1. The van der Waals surface area contributed by atoms with Crippen molar-refractivity contribution in [3.8, 4) is 0 Å². The number of hydrogen-bond donors (Lipinski definition) is 1. The van der Waals surface area contributed by atoms with Gasteiger partial charge in [-0.2, -0.15) is 0 Å². The summed E-state index contributed by atoms with van der Waals surface area (Å²) >= 11 is 0. The van der Waals surface area contributed by atoms with E-state index in [-0.39, 0.29) is 24.5 Å². The standard InChI is InChI=1S/C16H20N2O4/c1-21-10-15(19)17-12-5-4-11-6-7-18(13(11)9-12)16(20)14-3-2-8-22-14/h4-5,9,14H,2-3,6-8,10H2,1H3,(H,17,19). The molecule has 0 spiro atoms. The molecular weight excluding hydrogens is 284 g/mol. The monoisotopic (exact) mass is 304 g/mol. The average Bonchev–Trinajstić information content (AvgIpc) is 3.16. The Hall–Kier alpha value is -1.92. The molecule has 1 N–H and O–H groups in total. The summed E-state index contributed by atoms with van der Waals surface area (Å²) in [5.41, 5.74) is 2.67. The van der Waals surface area contributed by atoms with Crippen LogP contribution in [0.5, 0.6) is 0 Å². The number of carbonyl (C=O) groups excluding carboxylic acids is 2. The minimum Gasteiger partial charge on any atom is -0.375 e. The highest BCUT2D eigenvalue weighted by Crippen LogP contribution is 2.32. The first-order valence-electron chi connectivity index (χ1n) is 7.54. The molecule has 2 amide bonds. The van der Waals surface area contributed by atoms with Crippen molar-refractivity contribution in [2.24, 2.45) is 0 Å². The minimum atomic E-state index is -0.322. The average molecular weight is 304 g/mol. The molecule has 0 aliphatic carbocycles. The van der Waals surface area contributed by atoms with Gasteiger partial charge < -0.3 is 19.7 Å². The number of hydrogen-bond acceptors (Lipinski definition) is 4. The van der Waals surface area contributed by atoms with Gasteiger partial charge in [0.25, 0.3) is 5.91 Å². The molecular formula is C16H20N2O4. The molecule has 1 saturated heterocycles. The molecule has 1 aromatic rings. The summed E-state index contributed by atoms with van der Waals surface area (Å²) in [4.78, 5) is 25.9. The largest absolute Gasteiger partial charge is 0.375 e. The van der Waals surface area contributed by atoms with Gasteiger partial charge >= 0.3 is 0 Å². The lowest BCUT2D eigenvalue weighted by molar-refractivity contribution is -0.127. The number of carbonyl (C=O) groups is 2. The van der Waals surface area contributed by atoms with Crippen LogP contribution < -0.4 is 10.2 Å². The number of benzene rings is 1. The van der Waals surface area contributed by atoms with Crippen LogP contribution in [0.25, 0.3) is 0 Å². The van der Waals surface area contributed by atoms with Crippen molar-refractivity contribution in [3.63, 3.8) is 0 Å². The lowest BCUT2D eigenvalue weighted by Crippen LogP contribution is -2.37. The normalized spacial score (nSPS) is 20.0. The second-order valence-electron chi connectivity index (χ2n) is 5.57. The lowest BCUT2D eigenvalue weighted by Gasteiger charge is -2.21. The van der Waals surface area contributed by atoms with Gasteiger partial charge in [0.2, 0.25) is 5.91 Å². The Morgan fingerprint density at radius 2 is 2.32 bits per heavy atom. The number of nitrogens with zero attached hydrogens (tertiary/aromatic N) is 1. The summed E-state index contributed by atoms with van der Waals surface area (Å²) in [5.74, 6) is -0.186. The maximum Gasteiger partial charge on any atom is 0.256 e. The van der Waals surface area contributed by atoms with Crippen molar-refractivity contribution >= 4 is 23.2 Å². The molecule has 0 aromatic heterocycles. The molecule has 2 heterocycles. The van der Waals surface area contributed by atoms with E-state index in [1.807, 2.05) is 18.2 Å². The van der Waals surface area contributed by atoms with Crippen molar-refractivity contribution in [2.45, 2.75) is 25.4 Å². The molecule has 0 bridgehead atoms. The van der Waals surface area contributed by atoms with Crippen LogP contribution in [0.2, 0.25) is 0 Å². The first kappa shape index (κ1) is 15.0. The second-order valence-corrected chi connectivity index (χ2v) is 5.57. The Kier molecular flexibility index (Phi) is 4.40. The van der Waals surface area contributed by atoms with Crippen molar-refractivity contribution in [2.75, 3.05) is 37.1 Å². The maximum atomic E-state index is 12.5. The molecule has 6 nitrogen and oxygen atoms in total. The number of amides is 2. The van der Waals surface area contributed by atoms with Crippen LogP contribution >= 0.6 is 0 Å². The van der Waals surface area contributed by atoms with Gasteiger partial charge in [0.15, 0.2) is 0 Å². The third kappa shape index (κ3) is 2.98.